The van der Waals surface area contributed by atoms with Crippen LogP contribution in [0.4, 0.5) is 0 Å². The van der Waals surface area contributed by atoms with Crippen LogP contribution in [0.15, 0.2) is 24.3 Å². The molecule has 2 aromatic rings. The Labute approximate surface area is 127 Å². The summed E-state index contributed by atoms with van der Waals surface area (Å²) in [7, 11) is 0. The first kappa shape index (κ1) is 14.7. The lowest BCUT2D eigenvalue weighted by Crippen LogP contribution is -2.25. The third-order valence-corrected chi connectivity index (χ3v) is 3.35. The van der Waals surface area contributed by atoms with Gasteiger partial charge < -0.3 is 9.88 Å². The third kappa shape index (κ3) is 3.26. The van der Waals surface area contributed by atoms with Crippen molar-refractivity contribution in [2.75, 3.05) is 0 Å². The van der Waals surface area contributed by atoms with Gasteiger partial charge in [0.1, 0.15) is 0 Å². The Bertz CT molecular complexity index is 660. The maximum Gasteiger partial charge on any atom is 0.251 e. The van der Waals surface area contributed by atoms with E-state index < -0.39 is 0 Å². The Hall–Kier alpha value is -1.66. The van der Waals surface area contributed by atoms with E-state index in [0.29, 0.717) is 27.7 Å². The molecule has 5 nitrogen and oxygen atoms in total. The number of hydrogen-bond acceptors (Lipinski definition) is 3. The van der Waals surface area contributed by atoms with Crippen molar-refractivity contribution in [3.8, 4) is 0 Å². The van der Waals surface area contributed by atoms with Crippen molar-refractivity contribution in [3.05, 3.63) is 45.4 Å². The Kier molecular flexibility index (Phi) is 4.57. The number of carbonyl (C=O) groups is 1. The number of carbonyl (C=O) groups excluding carboxylic acids is 1. The molecular weight excluding hydrogens is 296 g/mol. The van der Waals surface area contributed by atoms with E-state index >= 15 is 0 Å². The minimum Gasteiger partial charge on any atom is -0.345 e. The number of aromatic nitrogens is 3. The maximum atomic E-state index is 12.0. The number of rotatable bonds is 4. The van der Waals surface area contributed by atoms with E-state index in [9.17, 15) is 4.79 Å². The number of hydrogen-bond donors (Lipinski definition) is 2. The number of benzene rings is 1. The lowest BCUT2D eigenvalue weighted by atomic mass is 10.2. The van der Waals surface area contributed by atoms with E-state index in [1.54, 1.807) is 24.3 Å². The second kappa shape index (κ2) is 6.19. The summed E-state index contributed by atoms with van der Waals surface area (Å²) < 4.78 is 2.42. The van der Waals surface area contributed by atoms with E-state index in [1.165, 1.54) is 0 Å². The molecule has 1 aromatic heterocycles. The van der Waals surface area contributed by atoms with Crippen LogP contribution in [0, 0.1) is 4.77 Å². The van der Waals surface area contributed by atoms with Crippen LogP contribution < -0.4 is 5.32 Å². The molecule has 0 unspecified atom stereocenters. The molecule has 1 amide bonds. The van der Waals surface area contributed by atoms with Crippen LogP contribution >= 0.6 is 23.8 Å². The summed E-state index contributed by atoms with van der Waals surface area (Å²) in [4.78, 5) is 12.0. The highest BCUT2D eigenvalue weighted by molar-refractivity contribution is 7.71. The Morgan fingerprint density at radius 3 is 2.70 bits per heavy atom. The van der Waals surface area contributed by atoms with Crippen LogP contribution in [-0.2, 0) is 6.54 Å². The largest absolute Gasteiger partial charge is 0.345 e. The van der Waals surface area contributed by atoms with Crippen LogP contribution in [-0.4, -0.2) is 20.7 Å². The summed E-state index contributed by atoms with van der Waals surface area (Å²) in [5.41, 5.74) is 0.555. The van der Waals surface area contributed by atoms with Crippen LogP contribution in [0.5, 0.6) is 0 Å². The van der Waals surface area contributed by atoms with Gasteiger partial charge in [0.2, 0.25) is 0 Å². The van der Waals surface area contributed by atoms with Gasteiger partial charge in [0, 0.05) is 16.6 Å². The molecule has 1 aromatic carbocycles. The SMILES string of the molecule is CC(C)n1c(CNC(=O)c2ccc(Cl)cc2)n[nH]c1=S. The second-order valence-electron chi connectivity index (χ2n) is 4.60. The molecule has 0 saturated heterocycles. The van der Waals surface area contributed by atoms with Crippen LogP contribution in [0.1, 0.15) is 36.1 Å². The Morgan fingerprint density at radius 1 is 1.45 bits per heavy atom. The normalized spacial score (nSPS) is 10.8. The topological polar surface area (TPSA) is 62.7 Å². The van der Waals surface area contributed by atoms with E-state index in [0.717, 1.165) is 0 Å². The van der Waals surface area contributed by atoms with Crippen molar-refractivity contribution >= 4 is 29.7 Å². The lowest BCUT2D eigenvalue weighted by Gasteiger charge is -2.11. The van der Waals surface area contributed by atoms with Gasteiger partial charge in [-0.2, -0.15) is 5.10 Å². The van der Waals surface area contributed by atoms with E-state index in [-0.39, 0.29) is 11.9 Å². The molecular formula is C13H15ClN4OS. The highest BCUT2D eigenvalue weighted by Crippen LogP contribution is 2.11. The highest BCUT2D eigenvalue weighted by Gasteiger charge is 2.11. The van der Waals surface area contributed by atoms with E-state index in [2.05, 4.69) is 15.5 Å². The molecule has 2 rings (SSSR count). The average Bonchev–Trinajstić information content (AvgIpc) is 2.78. The van der Waals surface area contributed by atoms with Crippen molar-refractivity contribution in [3.63, 3.8) is 0 Å². The van der Waals surface area contributed by atoms with Gasteiger partial charge in [-0.3, -0.25) is 9.89 Å². The lowest BCUT2D eigenvalue weighted by molar-refractivity contribution is 0.0949. The van der Waals surface area contributed by atoms with Gasteiger partial charge in [-0.15, -0.1) is 0 Å². The van der Waals surface area contributed by atoms with Crippen molar-refractivity contribution < 1.29 is 4.79 Å². The molecule has 0 saturated carbocycles. The molecule has 0 atom stereocenters. The van der Waals surface area contributed by atoms with Gasteiger partial charge in [0.15, 0.2) is 10.6 Å². The molecule has 7 heteroatoms. The fraction of sp³-hybridized carbons (Fsp3) is 0.308. The van der Waals surface area contributed by atoms with E-state index in [4.69, 9.17) is 23.8 Å². The fourth-order valence-electron chi connectivity index (χ4n) is 1.86. The number of aromatic amines is 1. The molecule has 1 heterocycles. The Balaban J connectivity index is 2.07. The standard InChI is InChI=1S/C13H15ClN4OS/c1-8(2)18-11(16-17-13(18)20)7-15-12(19)9-3-5-10(14)6-4-9/h3-6,8H,7H2,1-2H3,(H,15,19)(H,17,20). The summed E-state index contributed by atoms with van der Waals surface area (Å²) in [5.74, 6) is 0.526. The molecule has 0 bridgehead atoms. The van der Waals surface area contributed by atoms with Crippen LogP contribution in [0.25, 0.3) is 0 Å². The van der Waals surface area contributed by atoms with Gasteiger partial charge in [-0.05, 0) is 50.3 Å². The molecule has 0 aliphatic carbocycles. The van der Waals surface area contributed by atoms with Crippen LogP contribution in [0.2, 0.25) is 5.02 Å². The predicted molar refractivity (Wildman–Crippen MR) is 80.4 cm³/mol. The fourth-order valence-corrected chi connectivity index (χ4v) is 2.35. The van der Waals surface area contributed by atoms with Crippen molar-refractivity contribution in [1.29, 1.82) is 0 Å². The molecule has 0 spiro atoms. The first-order valence-electron chi connectivity index (χ1n) is 6.18. The second-order valence-corrected chi connectivity index (χ2v) is 5.42. The number of H-pyrrole nitrogens is 1. The molecule has 0 fully saturated rings. The first-order chi connectivity index (χ1) is 9.49. The van der Waals surface area contributed by atoms with Crippen LogP contribution in [0.3, 0.4) is 0 Å². The Morgan fingerprint density at radius 2 is 2.10 bits per heavy atom. The zero-order chi connectivity index (χ0) is 14.7. The quantitative estimate of drug-likeness (QED) is 0.853. The summed E-state index contributed by atoms with van der Waals surface area (Å²) >= 11 is 10.9. The number of halogens is 1. The summed E-state index contributed by atoms with van der Waals surface area (Å²) in [5, 5.41) is 10.3. The van der Waals surface area contributed by atoms with E-state index in [1.807, 2.05) is 18.4 Å². The van der Waals surface area contributed by atoms with Gasteiger partial charge in [-0.25, -0.2) is 0 Å². The number of nitrogens with one attached hydrogen (secondary N) is 2. The monoisotopic (exact) mass is 310 g/mol. The van der Waals surface area contributed by atoms with Gasteiger partial charge >= 0.3 is 0 Å². The summed E-state index contributed by atoms with van der Waals surface area (Å²) in [6, 6.07) is 6.90. The molecule has 0 aliphatic heterocycles. The van der Waals surface area contributed by atoms with Gasteiger partial charge in [0.25, 0.3) is 5.91 Å². The zero-order valence-corrected chi connectivity index (χ0v) is 12.8. The molecule has 20 heavy (non-hydrogen) atoms. The molecule has 106 valence electrons. The third-order valence-electron chi connectivity index (χ3n) is 2.81. The summed E-state index contributed by atoms with van der Waals surface area (Å²) in [6.45, 7) is 4.33. The average molecular weight is 311 g/mol. The van der Waals surface area contributed by atoms with Gasteiger partial charge in [0.05, 0.1) is 6.54 Å². The van der Waals surface area contributed by atoms with Crippen molar-refractivity contribution in [2.45, 2.75) is 26.4 Å². The first-order valence-corrected chi connectivity index (χ1v) is 6.97. The number of nitrogens with zero attached hydrogens (tertiary/aromatic N) is 2. The molecule has 0 aliphatic rings. The molecule has 2 N–H and O–H groups in total. The van der Waals surface area contributed by atoms with Crippen molar-refractivity contribution in [2.24, 2.45) is 0 Å². The number of amides is 1. The van der Waals surface area contributed by atoms with Crippen molar-refractivity contribution in [1.82, 2.24) is 20.1 Å². The zero-order valence-electron chi connectivity index (χ0n) is 11.2. The molecule has 0 radical (unpaired) electrons. The minimum atomic E-state index is -0.175. The summed E-state index contributed by atoms with van der Waals surface area (Å²) in [6.07, 6.45) is 0. The van der Waals surface area contributed by atoms with Gasteiger partial charge in [-0.1, -0.05) is 11.6 Å². The smallest absolute Gasteiger partial charge is 0.251 e. The predicted octanol–water partition coefficient (Wildman–Crippen LogP) is 3.10. The highest BCUT2D eigenvalue weighted by atomic mass is 35.5. The maximum absolute atomic E-state index is 12.0. The minimum absolute atomic E-state index is 0.175.